The Kier molecular flexibility index (Phi) is 11.7. The quantitative estimate of drug-likeness (QED) is 0.267. The topological polar surface area (TPSA) is 83.0 Å². The van der Waals surface area contributed by atoms with E-state index in [4.69, 9.17) is 4.74 Å². The van der Waals surface area contributed by atoms with E-state index in [0.29, 0.717) is 42.2 Å². The molecule has 1 saturated carbocycles. The van der Waals surface area contributed by atoms with Gasteiger partial charge in [0.15, 0.2) is 5.96 Å². The van der Waals surface area contributed by atoms with Crippen LogP contribution in [0.3, 0.4) is 0 Å². The maximum Gasteiger partial charge on any atom is 0.511 e. The zero-order valence-corrected chi connectivity index (χ0v) is 20.7. The standard InChI is InChI=1S/C18H33F3N4O3S.HI/c1-3-28-16(14-6-4-5-7-14)8-11-23-17(22-2)24-15-9-12-25(13-10-15)29(26,27)18(19,20)21;/h14-16H,3-13H2,1-2H3,(H2,22,23,24);1H. The van der Waals surface area contributed by atoms with E-state index in [-0.39, 0.29) is 49.2 Å². The summed E-state index contributed by atoms with van der Waals surface area (Å²) in [5, 5.41) is 6.43. The van der Waals surface area contributed by atoms with Gasteiger partial charge in [-0.1, -0.05) is 12.8 Å². The molecule has 1 saturated heterocycles. The highest BCUT2D eigenvalue weighted by atomic mass is 127. The number of sulfonamides is 1. The zero-order chi connectivity index (χ0) is 21.5. The molecule has 0 aromatic heterocycles. The minimum Gasteiger partial charge on any atom is -0.378 e. The van der Waals surface area contributed by atoms with Gasteiger partial charge in [-0.05, 0) is 44.9 Å². The maximum atomic E-state index is 12.7. The van der Waals surface area contributed by atoms with Crippen molar-refractivity contribution in [3.05, 3.63) is 0 Å². The van der Waals surface area contributed by atoms with Crippen LogP contribution in [0.1, 0.15) is 51.9 Å². The first kappa shape index (κ1) is 27.7. The number of nitrogens with zero attached hydrogens (tertiary/aromatic N) is 2. The molecule has 0 amide bonds. The van der Waals surface area contributed by atoms with Gasteiger partial charge >= 0.3 is 15.5 Å². The molecular formula is C18H34F3IN4O3S. The normalized spacial score (nSPS) is 21.3. The van der Waals surface area contributed by atoms with E-state index in [1.165, 1.54) is 25.7 Å². The fourth-order valence-electron chi connectivity index (χ4n) is 4.11. The molecule has 1 aliphatic carbocycles. The van der Waals surface area contributed by atoms with Crippen LogP contribution in [0, 0.1) is 5.92 Å². The first-order chi connectivity index (χ1) is 13.7. The van der Waals surface area contributed by atoms with Gasteiger partial charge in [0.1, 0.15) is 0 Å². The molecule has 1 aliphatic heterocycles. The SMILES string of the molecule is CCOC(CCNC(=NC)NC1CCN(S(=O)(=O)C(F)(F)F)CC1)C1CCCC1.I. The minimum absolute atomic E-state index is 0. The van der Waals surface area contributed by atoms with Crippen molar-refractivity contribution in [1.82, 2.24) is 14.9 Å². The summed E-state index contributed by atoms with van der Waals surface area (Å²) in [4.78, 5) is 4.17. The molecule has 1 unspecified atom stereocenters. The van der Waals surface area contributed by atoms with Crippen LogP contribution in [-0.4, -0.2) is 69.6 Å². The molecule has 1 atom stereocenters. The molecule has 0 aromatic carbocycles. The first-order valence-electron chi connectivity index (χ1n) is 10.3. The third kappa shape index (κ3) is 7.66. The summed E-state index contributed by atoms with van der Waals surface area (Å²) in [5.41, 5.74) is -5.25. The van der Waals surface area contributed by atoms with E-state index in [0.717, 1.165) is 6.42 Å². The molecule has 30 heavy (non-hydrogen) atoms. The number of ether oxygens (including phenoxy) is 1. The van der Waals surface area contributed by atoms with Crippen molar-refractivity contribution < 1.29 is 26.3 Å². The van der Waals surface area contributed by atoms with Crippen LogP contribution < -0.4 is 10.6 Å². The lowest BCUT2D eigenvalue weighted by atomic mass is 9.98. The monoisotopic (exact) mass is 570 g/mol. The van der Waals surface area contributed by atoms with Crippen molar-refractivity contribution in [3.63, 3.8) is 0 Å². The number of hydrogen-bond donors (Lipinski definition) is 2. The van der Waals surface area contributed by atoms with Crippen LogP contribution in [0.4, 0.5) is 13.2 Å². The van der Waals surface area contributed by atoms with E-state index in [1.54, 1.807) is 7.05 Å². The molecule has 0 bridgehead atoms. The Hall–Kier alpha value is -0.340. The van der Waals surface area contributed by atoms with Crippen LogP contribution in [0.2, 0.25) is 0 Å². The van der Waals surface area contributed by atoms with Crippen molar-refractivity contribution in [2.45, 2.75) is 69.5 Å². The molecule has 1 heterocycles. The van der Waals surface area contributed by atoms with Gasteiger partial charge in [-0.15, -0.1) is 24.0 Å². The Morgan fingerprint density at radius 2 is 1.80 bits per heavy atom. The van der Waals surface area contributed by atoms with Crippen molar-refractivity contribution in [2.75, 3.05) is 33.3 Å². The highest BCUT2D eigenvalue weighted by Crippen LogP contribution is 2.31. The summed E-state index contributed by atoms with van der Waals surface area (Å²) in [5.74, 6) is 1.18. The molecule has 2 N–H and O–H groups in total. The van der Waals surface area contributed by atoms with Gasteiger partial charge in [-0.25, -0.2) is 8.42 Å². The number of piperidine rings is 1. The largest absolute Gasteiger partial charge is 0.511 e. The van der Waals surface area contributed by atoms with Crippen molar-refractivity contribution in [3.8, 4) is 0 Å². The predicted octanol–water partition coefficient (Wildman–Crippen LogP) is 3.07. The Balaban J connectivity index is 0.00000450. The molecule has 2 aliphatic rings. The number of aliphatic imine (C=N–C) groups is 1. The van der Waals surface area contributed by atoms with Crippen molar-refractivity contribution in [2.24, 2.45) is 10.9 Å². The molecule has 178 valence electrons. The fourth-order valence-corrected chi connectivity index (χ4v) is 5.09. The van der Waals surface area contributed by atoms with Crippen LogP contribution >= 0.6 is 24.0 Å². The van der Waals surface area contributed by atoms with Gasteiger partial charge in [0, 0.05) is 39.3 Å². The summed E-state index contributed by atoms with van der Waals surface area (Å²) < 4.78 is 67.4. The molecular weight excluding hydrogens is 536 g/mol. The number of guanidine groups is 1. The average Bonchev–Trinajstić information content (AvgIpc) is 3.20. The van der Waals surface area contributed by atoms with Gasteiger partial charge in [0.25, 0.3) is 0 Å². The summed E-state index contributed by atoms with van der Waals surface area (Å²) in [6.07, 6.45) is 6.60. The minimum atomic E-state index is -5.25. The molecule has 12 heteroatoms. The average molecular weight is 570 g/mol. The number of nitrogens with one attached hydrogen (secondary N) is 2. The summed E-state index contributed by atoms with van der Waals surface area (Å²) >= 11 is 0. The van der Waals surface area contributed by atoms with Gasteiger partial charge in [0.05, 0.1) is 6.10 Å². The van der Waals surface area contributed by atoms with Gasteiger partial charge < -0.3 is 15.4 Å². The van der Waals surface area contributed by atoms with Crippen molar-refractivity contribution >= 4 is 40.0 Å². The number of halogens is 4. The van der Waals surface area contributed by atoms with Gasteiger partial charge in [-0.2, -0.15) is 17.5 Å². The van der Waals surface area contributed by atoms with E-state index in [9.17, 15) is 21.6 Å². The number of alkyl halides is 3. The lowest BCUT2D eigenvalue weighted by Gasteiger charge is -2.32. The van der Waals surface area contributed by atoms with Crippen LogP contribution in [0.5, 0.6) is 0 Å². The Bertz CT molecular complexity index is 635. The predicted molar refractivity (Wildman–Crippen MR) is 121 cm³/mol. The molecule has 7 nitrogen and oxygen atoms in total. The number of rotatable bonds is 8. The van der Waals surface area contributed by atoms with Gasteiger partial charge in [0.2, 0.25) is 0 Å². The molecule has 2 rings (SSSR count). The third-order valence-corrected chi connectivity index (χ3v) is 7.31. The van der Waals surface area contributed by atoms with E-state index < -0.39 is 15.5 Å². The Morgan fingerprint density at radius 1 is 1.20 bits per heavy atom. The fraction of sp³-hybridized carbons (Fsp3) is 0.944. The first-order valence-corrected chi connectivity index (χ1v) is 11.8. The van der Waals surface area contributed by atoms with Gasteiger partial charge in [-0.3, -0.25) is 4.99 Å². The smallest absolute Gasteiger partial charge is 0.378 e. The second-order valence-corrected chi connectivity index (χ2v) is 9.52. The Morgan fingerprint density at radius 3 is 2.30 bits per heavy atom. The highest BCUT2D eigenvalue weighted by Gasteiger charge is 2.50. The van der Waals surface area contributed by atoms with Crippen LogP contribution in [0.25, 0.3) is 0 Å². The maximum absolute atomic E-state index is 12.7. The lowest BCUT2D eigenvalue weighted by Crippen LogP contribution is -2.51. The summed E-state index contributed by atoms with van der Waals surface area (Å²) in [7, 11) is -3.61. The zero-order valence-electron chi connectivity index (χ0n) is 17.6. The second kappa shape index (κ2) is 12.6. The lowest BCUT2D eigenvalue weighted by molar-refractivity contribution is -0.0494. The number of hydrogen-bond acceptors (Lipinski definition) is 4. The molecule has 2 fully saturated rings. The van der Waals surface area contributed by atoms with E-state index >= 15 is 0 Å². The van der Waals surface area contributed by atoms with Crippen molar-refractivity contribution in [1.29, 1.82) is 0 Å². The molecule has 0 aromatic rings. The molecule has 0 radical (unpaired) electrons. The van der Waals surface area contributed by atoms with Crippen LogP contribution in [0.15, 0.2) is 4.99 Å². The summed E-state index contributed by atoms with van der Waals surface area (Å²) in [6, 6.07) is -0.126. The highest BCUT2D eigenvalue weighted by molar-refractivity contribution is 14.0. The van der Waals surface area contributed by atoms with E-state index in [2.05, 4.69) is 15.6 Å². The summed E-state index contributed by atoms with van der Waals surface area (Å²) in [6.45, 7) is 3.05. The second-order valence-electron chi connectivity index (χ2n) is 7.59. The third-order valence-electron chi connectivity index (χ3n) is 5.68. The van der Waals surface area contributed by atoms with Crippen LogP contribution in [-0.2, 0) is 14.8 Å². The van der Waals surface area contributed by atoms with E-state index in [1.807, 2.05) is 6.92 Å². The Labute approximate surface area is 194 Å². The molecule has 0 spiro atoms.